The number of nitrogens with one attached hydrogen (secondary N) is 1. The number of carbonyl (C=O) groups excluding carboxylic acids is 6. The zero-order valence-electron chi connectivity index (χ0n) is 37.6. The second-order valence-corrected chi connectivity index (χ2v) is 19.4. The number of ether oxygens (including phenoxy) is 7. The maximum Gasteiger partial charge on any atom is 0.508 e. The number of carboxylic acid groups (broad SMARTS) is 1. The molecular weight excluding hydrogens is 830 g/mol. The van der Waals surface area contributed by atoms with Crippen LogP contribution in [0.5, 0.6) is 0 Å². The summed E-state index contributed by atoms with van der Waals surface area (Å²) in [4.78, 5) is 95.0. The highest BCUT2D eigenvalue weighted by Crippen LogP contribution is 2.65. The fourth-order valence-corrected chi connectivity index (χ4v) is 9.79. The van der Waals surface area contributed by atoms with Gasteiger partial charge in [0.2, 0.25) is 5.60 Å². The number of aliphatic hydroxyl groups excluding tert-OH is 2. The first-order valence-corrected chi connectivity index (χ1v) is 20.5. The maximum atomic E-state index is 15.6. The van der Waals surface area contributed by atoms with Gasteiger partial charge in [0.25, 0.3) is 0 Å². The van der Waals surface area contributed by atoms with Crippen molar-refractivity contribution in [3.63, 3.8) is 0 Å². The number of ketones is 1. The molecule has 1 aliphatic heterocycles. The highest BCUT2D eigenvalue weighted by molar-refractivity contribution is 5.95. The Morgan fingerprint density at radius 3 is 2.06 bits per heavy atom. The van der Waals surface area contributed by atoms with Crippen molar-refractivity contribution in [2.24, 2.45) is 22.2 Å². The molecule has 11 atom stereocenters. The zero-order valence-corrected chi connectivity index (χ0v) is 37.6. The van der Waals surface area contributed by atoms with Gasteiger partial charge in [-0.1, -0.05) is 52.8 Å². The summed E-state index contributed by atoms with van der Waals surface area (Å²) in [5, 5.41) is 49.4. The minimum atomic E-state index is -2.52. The van der Waals surface area contributed by atoms with E-state index in [9.17, 15) is 49.2 Å². The van der Waals surface area contributed by atoms with E-state index in [-0.39, 0.29) is 23.1 Å². The van der Waals surface area contributed by atoms with Crippen molar-refractivity contribution in [1.82, 2.24) is 5.32 Å². The van der Waals surface area contributed by atoms with Crippen LogP contribution in [0.1, 0.15) is 99.4 Å². The molecule has 1 amide bonds. The summed E-state index contributed by atoms with van der Waals surface area (Å²) >= 11 is 0. The molecule has 0 spiro atoms. The highest BCUT2D eigenvalue weighted by atomic mass is 16.8. The zero-order chi connectivity index (χ0) is 47.6. The van der Waals surface area contributed by atoms with Gasteiger partial charge in [0.15, 0.2) is 23.6 Å². The van der Waals surface area contributed by atoms with Gasteiger partial charge in [0, 0.05) is 25.2 Å². The fourth-order valence-electron chi connectivity index (χ4n) is 9.79. The number of amides is 1. The first kappa shape index (κ1) is 48.9. The third kappa shape index (κ3) is 8.16. The molecule has 19 nitrogen and oxygen atoms in total. The lowest BCUT2D eigenvalue weighted by Gasteiger charge is -2.67. The molecule has 1 heterocycles. The number of Topliss-reactive ketones (excluding diaryl/α,β-unsaturated/α-hetero) is 1. The molecule has 1 aromatic carbocycles. The first-order valence-electron chi connectivity index (χ1n) is 20.5. The van der Waals surface area contributed by atoms with Gasteiger partial charge >= 0.3 is 36.1 Å². The number of benzene rings is 1. The molecule has 3 aliphatic carbocycles. The van der Waals surface area contributed by atoms with Gasteiger partial charge < -0.3 is 58.9 Å². The van der Waals surface area contributed by atoms with Crippen molar-refractivity contribution in [2.75, 3.05) is 13.7 Å². The quantitative estimate of drug-likeness (QED) is 0.128. The van der Waals surface area contributed by atoms with Gasteiger partial charge in [-0.2, -0.15) is 0 Å². The van der Waals surface area contributed by atoms with Crippen LogP contribution >= 0.6 is 0 Å². The Labute approximate surface area is 364 Å². The first-order chi connectivity index (χ1) is 28.9. The standard InChI is InChI=1S/C44H59NO18/c1-21-26-28(59-22(2)46)31(49)42(11)24(47)18-25-43(20-58-25,63-37(55)57-12)29(42)32(60-33(50)23-16-14-13-15-17-23)44(56,39(26,6)7)19-41(21,10)61-34(51)27(48)30(38(3,4)5)45-36(54)62-40(8,9)35(52)53/h13-17,24-25,27-30,32,47-48,56H,18-20H2,1-12H3,(H,45,54)(H,52,53)/t24?,25-,27-,28-,29?,30-,32?,41+,42-,43+,44-/m1/s1. The SMILES string of the molecule is COC(=O)O[C@@]12CO[C@@H]1CC(O)[C@@]1(C)C(=O)[C@H](OC(C)=O)C3=C(C)[C@@](C)(OC(=O)[C@H](O)[C@@H](NC(=O)OC(C)(C)C(=O)O)C(C)(C)C)C[C@@](O)(C(OC(=O)c4ccccc4)C12)C3(C)C. The minimum absolute atomic E-state index is 0.0125. The van der Waals surface area contributed by atoms with Crippen molar-refractivity contribution >= 4 is 41.9 Å². The highest BCUT2D eigenvalue weighted by Gasteiger charge is 2.79. The van der Waals surface area contributed by atoms with Crippen molar-refractivity contribution in [2.45, 2.75) is 148 Å². The number of carbonyl (C=O) groups is 7. The number of aliphatic carboxylic acids is 1. The van der Waals surface area contributed by atoms with E-state index in [4.69, 9.17) is 33.2 Å². The topological polar surface area (TPSA) is 277 Å². The van der Waals surface area contributed by atoms with Crippen LogP contribution in [0.15, 0.2) is 41.5 Å². The van der Waals surface area contributed by atoms with Crippen LogP contribution in [0.4, 0.5) is 9.59 Å². The summed E-state index contributed by atoms with van der Waals surface area (Å²) in [5.74, 6) is -7.41. The molecule has 2 saturated carbocycles. The number of hydrogen-bond acceptors (Lipinski definition) is 17. The monoisotopic (exact) mass is 889 g/mol. The molecule has 1 aromatic rings. The number of hydrogen-bond donors (Lipinski definition) is 5. The van der Waals surface area contributed by atoms with E-state index < -0.39 is 136 Å². The predicted octanol–water partition coefficient (Wildman–Crippen LogP) is 3.18. The molecule has 348 valence electrons. The second kappa shape index (κ2) is 16.5. The lowest BCUT2D eigenvalue weighted by atomic mass is 9.44. The van der Waals surface area contributed by atoms with Crippen LogP contribution in [0.2, 0.25) is 0 Å². The van der Waals surface area contributed by atoms with Crippen molar-refractivity contribution < 1.29 is 87.1 Å². The van der Waals surface area contributed by atoms with E-state index in [1.54, 1.807) is 39.0 Å². The number of methoxy groups -OCH3 is 1. The lowest BCUT2D eigenvalue weighted by Crippen LogP contribution is -2.82. The molecule has 0 radical (unpaired) electrons. The molecule has 63 heavy (non-hydrogen) atoms. The van der Waals surface area contributed by atoms with Crippen LogP contribution in [0, 0.1) is 22.2 Å². The average Bonchev–Trinajstić information content (AvgIpc) is 3.17. The van der Waals surface area contributed by atoms with Gasteiger partial charge in [0.1, 0.15) is 23.4 Å². The predicted molar refractivity (Wildman–Crippen MR) is 216 cm³/mol. The molecule has 2 bridgehead atoms. The van der Waals surface area contributed by atoms with E-state index in [0.717, 1.165) is 27.9 Å². The van der Waals surface area contributed by atoms with Crippen LogP contribution in [-0.2, 0) is 52.3 Å². The van der Waals surface area contributed by atoms with E-state index in [1.165, 1.54) is 46.8 Å². The Kier molecular flexibility index (Phi) is 12.8. The van der Waals surface area contributed by atoms with Crippen LogP contribution in [0.3, 0.4) is 0 Å². The Balaban J connectivity index is 1.76. The van der Waals surface area contributed by atoms with Gasteiger partial charge in [0.05, 0.1) is 42.8 Å². The number of esters is 3. The van der Waals surface area contributed by atoms with Gasteiger partial charge in [-0.05, 0) is 63.3 Å². The Morgan fingerprint density at radius 2 is 1.56 bits per heavy atom. The second-order valence-electron chi connectivity index (χ2n) is 19.4. The fraction of sp³-hybridized carbons (Fsp3) is 0.659. The number of aliphatic hydroxyl groups is 3. The summed E-state index contributed by atoms with van der Waals surface area (Å²) in [6.07, 6.45) is -12.3. The molecule has 5 N–H and O–H groups in total. The molecule has 5 rings (SSSR count). The summed E-state index contributed by atoms with van der Waals surface area (Å²) in [7, 11) is 1.04. The van der Waals surface area contributed by atoms with Crippen LogP contribution in [-0.4, -0.2) is 135 Å². The smallest absolute Gasteiger partial charge is 0.478 e. The third-order valence-electron chi connectivity index (χ3n) is 13.6. The third-order valence-corrected chi connectivity index (χ3v) is 13.6. The van der Waals surface area contributed by atoms with Gasteiger partial charge in [-0.25, -0.2) is 24.0 Å². The number of alkyl carbamates (subject to hydrolysis) is 1. The number of rotatable bonds is 10. The van der Waals surface area contributed by atoms with Gasteiger partial charge in [-0.3, -0.25) is 9.59 Å². The normalized spacial score (nSPS) is 33.3. The van der Waals surface area contributed by atoms with E-state index >= 15 is 4.79 Å². The molecule has 3 unspecified atom stereocenters. The summed E-state index contributed by atoms with van der Waals surface area (Å²) in [6.45, 7) is 14.7. The van der Waals surface area contributed by atoms with Crippen LogP contribution in [0.25, 0.3) is 0 Å². The Morgan fingerprint density at radius 1 is 0.952 bits per heavy atom. The minimum Gasteiger partial charge on any atom is -0.478 e. The van der Waals surface area contributed by atoms with E-state index in [0.29, 0.717) is 0 Å². The average molecular weight is 890 g/mol. The number of carboxylic acids is 1. The lowest BCUT2D eigenvalue weighted by molar-refractivity contribution is -0.345. The summed E-state index contributed by atoms with van der Waals surface area (Å²) in [6, 6.07) is 6.16. The summed E-state index contributed by atoms with van der Waals surface area (Å²) in [5.41, 5.74) is -13.6. The molecule has 1 saturated heterocycles. The Hall–Kier alpha value is -5.11. The summed E-state index contributed by atoms with van der Waals surface area (Å²) < 4.78 is 40.1. The molecule has 0 aromatic heterocycles. The molecular formula is C44H59NO18. The molecule has 4 aliphatic rings. The molecule has 3 fully saturated rings. The van der Waals surface area contributed by atoms with Crippen molar-refractivity contribution in [3.8, 4) is 0 Å². The van der Waals surface area contributed by atoms with E-state index in [1.807, 2.05) is 0 Å². The maximum absolute atomic E-state index is 15.6. The van der Waals surface area contributed by atoms with Gasteiger partial charge in [-0.15, -0.1) is 0 Å². The largest absolute Gasteiger partial charge is 0.508 e. The number of fused-ring (bicyclic) bond motifs is 5. The Bertz CT molecular complexity index is 2070. The van der Waals surface area contributed by atoms with E-state index in [2.05, 4.69) is 5.32 Å². The van der Waals surface area contributed by atoms with Crippen molar-refractivity contribution in [3.05, 3.63) is 47.0 Å². The molecule has 19 heteroatoms. The van der Waals surface area contributed by atoms with Crippen molar-refractivity contribution in [1.29, 1.82) is 0 Å². The van der Waals surface area contributed by atoms with Crippen LogP contribution < -0.4 is 5.32 Å².